The monoisotopic (exact) mass is 279 g/mol. The van der Waals surface area contributed by atoms with Crippen LogP contribution in [0.1, 0.15) is 38.7 Å². The molecule has 0 amide bonds. The van der Waals surface area contributed by atoms with Crippen molar-refractivity contribution in [3.05, 3.63) is 30.1 Å². The fourth-order valence-electron chi connectivity index (χ4n) is 1.91. The minimum atomic E-state index is -0.283. The first-order chi connectivity index (χ1) is 9.56. The average molecular weight is 279 g/mol. The van der Waals surface area contributed by atoms with Gasteiger partial charge in [0.15, 0.2) is 0 Å². The predicted molar refractivity (Wildman–Crippen MR) is 79.8 cm³/mol. The van der Waals surface area contributed by atoms with E-state index in [0.717, 1.165) is 32.3 Å². The Kier molecular flexibility index (Phi) is 7.01. The van der Waals surface area contributed by atoms with Crippen LogP contribution in [0, 0.1) is 5.41 Å². The highest BCUT2D eigenvalue weighted by molar-refractivity contribution is 5.85. The number of hydrogen-bond acceptors (Lipinski definition) is 4. The average Bonchev–Trinajstić information content (AvgIpc) is 2.46. The van der Waals surface area contributed by atoms with Gasteiger partial charge in [0.25, 0.3) is 0 Å². The number of nitrogens with zero attached hydrogens (tertiary/aromatic N) is 2. The van der Waals surface area contributed by atoms with E-state index in [1.165, 1.54) is 5.56 Å². The molecule has 1 aromatic rings. The molecule has 0 bridgehead atoms. The third-order valence-corrected chi connectivity index (χ3v) is 3.40. The van der Waals surface area contributed by atoms with Gasteiger partial charge in [-0.3, -0.25) is 4.98 Å². The van der Waals surface area contributed by atoms with Crippen molar-refractivity contribution in [1.82, 2.24) is 4.98 Å². The Labute approximate surface area is 120 Å². The van der Waals surface area contributed by atoms with Crippen LogP contribution in [-0.2, 0) is 11.2 Å². The molecule has 3 N–H and O–H groups in total. The summed E-state index contributed by atoms with van der Waals surface area (Å²) in [5.41, 5.74) is 6.64. The standard InChI is InChI=1S/C15H25N3O2/c1-15(2,14(16)18-19)8-4-12-20-11-3-5-13-6-9-17-10-7-13/h6-7,9-10,19H,3-5,8,11-12H2,1-2H3,(H2,16,18). The van der Waals surface area contributed by atoms with Crippen LogP contribution in [0.4, 0.5) is 0 Å². The Balaban J connectivity index is 2.06. The summed E-state index contributed by atoms with van der Waals surface area (Å²) < 4.78 is 5.61. The number of oxime groups is 1. The van der Waals surface area contributed by atoms with Gasteiger partial charge in [-0.25, -0.2) is 0 Å². The van der Waals surface area contributed by atoms with E-state index in [1.54, 1.807) is 0 Å². The van der Waals surface area contributed by atoms with Gasteiger partial charge in [0.1, 0.15) is 5.84 Å². The van der Waals surface area contributed by atoms with Crippen molar-refractivity contribution in [3.63, 3.8) is 0 Å². The van der Waals surface area contributed by atoms with Gasteiger partial charge < -0.3 is 15.7 Å². The van der Waals surface area contributed by atoms with Gasteiger partial charge in [0.05, 0.1) is 0 Å². The summed E-state index contributed by atoms with van der Waals surface area (Å²) in [5, 5.41) is 11.7. The van der Waals surface area contributed by atoms with E-state index in [-0.39, 0.29) is 11.3 Å². The molecule has 1 heterocycles. The van der Waals surface area contributed by atoms with E-state index in [0.29, 0.717) is 6.61 Å². The third-order valence-electron chi connectivity index (χ3n) is 3.40. The zero-order chi connectivity index (χ0) is 14.8. The molecule has 0 radical (unpaired) electrons. The third kappa shape index (κ3) is 6.02. The summed E-state index contributed by atoms with van der Waals surface area (Å²) in [6, 6.07) is 4.05. The van der Waals surface area contributed by atoms with E-state index < -0.39 is 0 Å². The molecule has 0 aliphatic carbocycles. The lowest BCUT2D eigenvalue weighted by Gasteiger charge is -2.22. The lowest BCUT2D eigenvalue weighted by molar-refractivity contribution is 0.123. The summed E-state index contributed by atoms with van der Waals surface area (Å²) in [6.07, 6.45) is 7.38. The Morgan fingerprint density at radius 1 is 1.30 bits per heavy atom. The number of aryl methyl sites for hydroxylation is 1. The van der Waals surface area contributed by atoms with Crippen LogP contribution in [0.15, 0.2) is 29.7 Å². The maximum absolute atomic E-state index is 8.68. The van der Waals surface area contributed by atoms with Crippen molar-refractivity contribution in [1.29, 1.82) is 0 Å². The summed E-state index contributed by atoms with van der Waals surface area (Å²) in [4.78, 5) is 3.99. The van der Waals surface area contributed by atoms with Gasteiger partial charge in [-0.05, 0) is 43.4 Å². The second kappa shape index (κ2) is 8.53. The molecule has 0 aliphatic rings. The van der Waals surface area contributed by atoms with Crippen molar-refractivity contribution < 1.29 is 9.94 Å². The molecule has 0 saturated heterocycles. The van der Waals surface area contributed by atoms with E-state index in [9.17, 15) is 0 Å². The molecular formula is C15H25N3O2. The molecule has 1 rings (SSSR count). The van der Waals surface area contributed by atoms with Crippen molar-refractivity contribution in [2.45, 2.75) is 39.5 Å². The highest BCUT2D eigenvalue weighted by Gasteiger charge is 2.22. The first-order valence-electron chi connectivity index (χ1n) is 7.01. The van der Waals surface area contributed by atoms with Gasteiger partial charge in [-0.15, -0.1) is 0 Å². The summed E-state index contributed by atoms with van der Waals surface area (Å²) in [5.74, 6) is 0.273. The highest BCUT2D eigenvalue weighted by Crippen LogP contribution is 2.22. The molecule has 20 heavy (non-hydrogen) atoms. The number of hydrogen-bond donors (Lipinski definition) is 2. The lowest BCUT2D eigenvalue weighted by Crippen LogP contribution is -2.32. The quantitative estimate of drug-likeness (QED) is 0.239. The zero-order valence-electron chi connectivity index (χ0n) is 12.4. The van der Waals surface area contributed by atoms with Crippen LogP contribution in [0.25, 0.3) is 0 Å². The molecule has 0 saturated carbocycles. The van der Waals surface area contributed by atoms with Crippen molar-refractivity contribution >= 4 is 5.84 Å². The Hall–Kier alpha value is -1.62. The fourth-order valence-corrected chi connectivity index (χ4v) is 1.91. The minimum Gasteiger partial charge on any atom is -0.409 e. The molecule has 5 nitrogen and oxygen atoms in total. The topological polar surface area (TPSA) is 80.7 Å². The second-order valence-electron chi connectivity index (χ2n) is 5.54. The number of pyridine rings is 1. The number of aromatic nitrogens is 1. The van der Waals surface area contributed by atoms with E-state index in [2.05, 4.69) is 10.1 Å². The first-order valence-corrected chi connectivity index (χ1v) is 7.01. The van der Waals surface area contributed by atoms with Gasteiger partial charge in [0, 0.05) is 31.0 Å². The smallest absolute Gasteiger partial charge is 0.144 e. The van der Waals surface area contributed by atoms with Crippen molar-refractivity contribution in [2.24, 2.45) is 16.3 Å². The second-order valence-corrected chi connectivity index (χ2v) is 5.54. The maximum atomic E-state index is 8.68. The van der Waals surface area contributed by atoms with Gasteiger partial charge in [0.2, 0.25) is 0 Å². The molecule has 0 spiro atoms. The molecule has 0 aromatic carbocycles. The molecule has 0 atom stereocenters. The SMILES string of the molecule is CC(C)(CCCOCCCc1ccncc1)C(N)=NO. The Morgan fingerprint density at radius 3 is 2.60 bits per heavy atom. The summed E-state index contributed by atoms with van der Waals surface area (Å²) in [6.45, 7) is 5.39. The van der Waals surface area contributed by atoms with Gasteiger partial charge in [-0.2, -0.15) is 0 Å². The number of amidine groups is 1. The largest absolute Gasteiger partial charge is 0.409 e. The number of ether oxygens (including phenoxy) is 1. The van der Waals surface area contributed by atoms with Crippen LogP contribution < -0.4 is 5.73 Å². The normalized spacial score (nSPS) is 12.6. The Bertz CT molecular complexity index is 405. The minimum absolute atomic E-state index is 0.273. The molecule has 0 unspecified atom stereocenters. The molecule has 112 valence electrons. The summed E-state index contributed by atoms with van der Waals surface area (Å²) in [7, 11) is 0. The van der Waals surface area contributed by atoms with E-state index >= 15 is 0 Å². The number of rotatable bonds is 9. The van der Waals surface area contributed by atoms with Crippen LogP contribution in [0.5, 0.6) is 0 Å². The molecular weight excluding hydrogens is 254 g/mol. The fraction of sp³-hybridized carbons (Fsp3) is 0.600. The lowest BCUT2D eigenvalue weighted by atomic mass is 9.87. The van der Waals surface area contributed by atoms with E-state index in [4.69, 9.17) is 15.7 Å². The molecule has 0 fully saturated rings. The van der Waals surface area contributed by atoms with Gasteiger partial charge >= 0.3 is 0 Å². The molecule has 5 heteroatoms. The molecule has 0 aliphatic heterocycles. The van der Waals surface area contributed by atoms with Gasteiger partial charge in [-0.1, -0.05) is 19.0 Å². The Morgan fingerprint density at radius 2 is 1.95 bits per heavy atom. The van der Waals surface area contributed by atoms with Crippen LogP contribution >= 0.6 is 0 Å². The first kappa shape index (κ1) is 16.4. The predicted octanol–water partition coefficient (Wildman–Crippen LogP) is 2.58. The summed E-state index contributed by atoms with van der Waals surface area (Å²) >= 11 is 0. The zero-order valence-corrected chi connectivity index (χ0v) is 12.4. The van der Waals surface area contributed by atoms with Crippen LogP contribution in [0.2, 0.25) is 0 Å². The highest BCUT2D eigenvalue weighted by atomic mass is 16.5. The van der Waals surface area contributed by atoms with E-state index in [1.807, 2.05) is 38.4 Å². The molecule has 1 aromatic heterocycles. The van der Waals surface area contributed by atoms with Crippen molar-refractivity contribution in [3.8, 4) is 0 Å². The number of nitrogens with two attached hydrogens (primary N) is 1. The maximum Gasteiger partial charge on any atom is 0.144 e. The van der Waals surface area contributed by atoms with Crippen LogP contribution in [-0.4, -0.2) is 29.2 Å². The van der Waals surface area contributed by atoms with Crippen LogP contribution in [0.3, 0.4) is 0 Å². The van der Waals surface area contributed by atoms with Crippen molar-refractivity contribution in [2.75, 3.05) is 13.2 Å².